The maximum atomic E-state index is 13.1. The summed E-state index contributed by atoms with van der Waals surface area (Å²) in [4.78, 5) is 16.4. The molecule has 0 spiro atoms. The molecule has 0 aliphatic rings. The van der Waals surface area contributed by atoms with Gasteiger partial charge in [0.25, 0.3) is 0 Å². The summed E-state index contributed by atoms with van der Waals surface area (Å²) in [6.45, 7) is 3.60. The predicted octanol–water partition coefficient (Wildman–Crippen LogP) is 3.63. The molecule has 2 rings (SSSR count). The Morgan fingerprint density at radius 3 is 2.75 bits per heavy atom. The summed E-state index contributed by atoms with van der Waals surface area (Å²) in [7, 11) is 1.36. The molecule has 1 N–H and O–H groups in total. The number of hydroxylamine groups is 1. The van der Waals surface area contributed by atoms with Gasteiger partial charge < -0.3 is 9.47 Å². The van der Waals surface area contributed by atoms with Gasteiger partial charge in [-0.2, -0.15) is 0 Å². The molecule has 24 heavy (non-hydrogen) atoms. The molecular formula is C17H15ClFNO4. The van der Waals surface area contributed by atoms with Gasteiger partial charge in [-0.3, -0.25) is 10.3 Å². The van der Waals surface area contributed by atoms with Crippen molar-refractivity contribution in [1.29, 1.82) is 0 Å². The van der Waals surface area contributed by atoms with Gasteiger partial charge >= 0.3 is 5.97 Å². The average Bonchev–Trinajstić information content (AvgIpc) is 2.57. The topological polar surface area (TPSA) is 56.8 Å². The molecule has 2 aromatic carbocycles. The highest BCUT2D eigenvalue weighted by atomic mass is 35.5. The molecule has 5 nitrogen and oxygen atoms in total. The van der Waals surface area contributed by atoms with Crippen molar-refractivity contribution in [2.24, 2.45) is 0 Å². The van der Waals surface area contributed by atoms with Crippen molar-refractivity contribution in [1.82, 2.24) is 5.48 Å². The van der Waals surface area contributed by atoms with Crippen LogP contribution < -0.4 is 15.0 Å². The number of halogens is 2. The molecule has 0 amide bonds. The van der Waals surface area contributed by atoms with Crippen LogP contribution in [0.4, 0.5) is 4.39 Å². The van der Waals surface area contributed by atoms with Gasteiger partial charge in [0, 0.05) is 11.6 Å². The monoisotopic (exact) mass is 351 g/mol. The Hall–Kier alpha value is -2.57. The van der Waals surface area contributed by atoms with Crippen LogP contribution in [0, 0.1) is 5.82 Å². The minimum atomic E-state index is -0.686. The van der Waals surface area contributed by atoms with Crippen LogP contribution >= 0.6 is 11.6 Å². The van der Waals surface area contributed by atoms with Gasteiger partial charge in [0.1, 0.15) is 29.6 Å². The van der Waals surface area contributed by atoms with Crippen LogP contribution in [0.15, 0.2) is 54.7 Å². The Morgan fingerprint density at radius 1 is 1.29 bits per heavy atom. The van der Waals surface area contributed by atoms with Gasteiger partial charge in [-0.15, -0.1) is 0 Å². The first-order valence-corrected chi connectivity index (χ1v) is 7.25. The normalized spacial score (nSPS) is 10.1. The van der Waals surface area contributed by atoms with E-state index in [-0.39, 0.29) is 17.3 Å². The Morgan fingerprint density at radius 2 is 2.04 bits per heavy atom. The molecule has 0 atom stereocenters. The molecular weight excluding hydrogens is 337 g/mol. The van der Waals surface area contributed by atoms with E-state index >= 15 is 0 Å². The maximum absolute atomic E-state index is 13.1. The van der Waals surface area contributed by atoms with E-state index in [1.807, 2.05) is 0 Å². The van der Waals surface area contributed by atoms with E-state index in [4.69, 9.17) is 21.1 Å². The molecule has 0 bridgehead atoms. The minimum Gasteiger partial charge on any atom is -0.489 e. The number of rotatable bonds is 7. The van der Waals surface area contributed by atoms with Gasteiger partial charge in [0.2, 0.25) is 0 Å². The van der Waals surface area contributed by atoms with E-state index < -0.39 is 11.8 Å². The Kier molecular flexibility index (Phi) is 6.17. The largest absolute Gasteiger partial charge is 0.489 e. The van der Waals surface area contributed by atoms with Crippen LogP contribution in [-0.2, 0) is 16.2 Å². The summed E-state index contributed by atoms with van der Waals surface area (Å²) in [6, 6.07) is 10.9. The lowest BCUT2D eigenvalue weighted by molar-refractivity contribution is -0.131. The third kappa shape index (κ3) is 4.71. The summed E-state index contributed by atoms with van der Waals surface area (Å²) >= 11 is 5.71. The second-order valence-electron chi connectivity index (χ2n) is 4.65. The van der Waals surface area contributed by atoms with Gasteiger partial charge in [0.15, 0.2) is 0 Å². The van der Waals surface area contributed by atoms with Gasteiger partial charge in [-0.1, -0.05) is 36.4 Å². The molecule has 0 aliphatic carbocycles. The lowest BCUT2D eigenvalue weighted by Gasteiger charge is -2.12. The molecule has 0 saturated carbocycles. The lowest BCUT2D eigenvalue weighted by Crippen LogP contribution is -2.22. The third-order valence-corrected chi connectivity index (χ3v) is 3.22. The fraction of sp³-hybridized carbons (Fsp3) is 0.118. The Labute approximate surface area is 143 Å². The first kappa shape index (κ1) is 17.8. The standard InChI is InChI=1S/C17H15ClFNO4/c1-11(20-22-2)17(21)24-16-6-4-3-5-12(16)10-23-13-7-8-15(19)14(18)9-13/h3-9,20H,1,10H2,2H3. The number of hydrogen-bond donors (Lipinski definition) is 1. The average molecular weight is 352 g/mol. The molecule has 0 radical (unpaired) electrons. The first-order valence-electron chi connectivity index (χ1n) is 6.87. The minimum absolute atomic E-state index is 0.0332. The Balaban J connectivity index is 2.07. The molecule has 126 valence electrons. The van der Waals surface area contributed by atoms with Crippen molar-refractivity contribution in [3.05, 3.63) is 71.1 Å². The number of para-hydroxylation sites is 1. The highest BCUT2D eigenvalue weighted by Crippen LogP contribution is 2.24. The van der Waals surface area contributed by atoms with Crippen molar-refractivity contribution < 1.29 is 23.5 Å². The summed E-state index contributed by atoms with van der Waals surface area (Å²) in [5, 5.41) is -0.0332. The lowest BCUT2D eigenvalue weighted by atomic mass is 10.2. The molecule has 0 aromatic heterocycles. The van der Waals surface area contributed by atoms with Crippen molar-refractivity contribution in [2.75, 3.05) is 7.11 Å². The van der Waals surface area contributed by atoms with E-state index in [1.165, 1.54) is 25.3 Å². The van der Waals surface area contributed by atoms with E-state index in [2.05, 4.69) is 16.9 Å². The second kappa shape index (κ2) is 8.33. The van der Waals surface area contributed by atoms with Crippen LogP contribution in [0.25, 0.3) is 0 Å². The number of nitrogens with one attached hydrogen (secondary N) is 1. The quantitative estimate of drug-likeness (QED) is 0.357. The summed E-state index contributed by atoms with van der Waals surface area (Å²) in [5.41, 5.74) is 2.88. The molecule has 0 saturated heterocycles. The van der Waals surface area contributed by atoms with Crippen molar-refractivity contribution in [3.8, 4) is 11.5 Å². The molecule has 2 aromatic rings. The summed E-state index contributed by atoms with van der Waals surface area (Å²) < 4.78 is 23.9. The molecule has 0 unspecified atom stereocenters. The van der Waals surface area contributed by atoms with E-state index in [0.29, 0.717) is 17.1 Å². The fourth-order valence-electron chi connectivity index (χ4n) is 1.78. The molecule has 0 fully saturated rings. The highest BCUT2D eigenvalue weighted by Gasteiger charge is 2.13. The van der Waals surface area contributed by atoms with E-state index in [1.54, 1.807) is 24.3 Å². The maximum Gasteiger partial charge on any atom is 0.361 e. The SMILES string of the molecule is C=C(NOC)C(=O)Oc1ccccc1COc1ccc(F)c(Cl)c1. The number of esters is 1. The molecule has 0 heterocycles. The molecule has 0 aliphatic heterocycles. The zero-order valence-corrected chi connectivity index (χ0v) is 13.6. The van der Waals surface area contributed by atoms with Crippen LogP contribution in [0.5, 0.6) is 11.5 Å². The number of hydrogen-bond acceptors (Lipinski definition) is 5. The van der Waals surface area contributed by atoms with Gasteiger partial charge in [0.05, 0.1) is 12.1 Å². The third-order valence-electron chi connectivity index (χ3n) is 2.93. The predicted molar refractivity (Wildman–Crippen MR) is 87.1 cm³/mol. The van der Waals surface area contributed by atoms with Crippen molar-refractivity contribution in [2.45, 2.75) is 6.61 Å². The fourth-order valence-corrected chi connectivity index (χ4v) is 1.95. The van der Waals surface area contributed by atoms with Crippen LogP contribution in [0.2, 0.25) is 5.02 Å². The molecule has 7 heteroatoms. The highest BCUT2D eigenvalue weighted by molar-refractivity contribution is 6.30. The van der Waals surface area contributed by atoms with Crippen LogP contribution in [-0.4, -0.2) is 13.1 Å². The number of carbonyl (C=O) groups is 1. The van der Waals surface area contributed by atoms with Crippen LogP contribution in [0.3, 0.4) is 0 Å². The van der Waals surface area contributed by atoms with Gasteiger partial charge in [-0.25, -0.2) is 9.18 Å². The first-order chi connectivity index (χ1) is 11.5. The zero-order valence-electron chi connectivity index (χ0n) is 12.8. The van der Waals surface area contributed by atoms with E-state index in [9.17, 15) is 9.18 Å². The smallest absolute Gasteiger partial charge is 0.361 e. The number of carbonyl (C=O) groups excluding carboxylic acids is 1. The van der Waals surface area contributed by atoms with Gasteiger partial charge in [-0.05, 0) is 18.2 Å². The van der Waals surface area contributed by atoms with E-state index in [0.717, 1.165) is 0 Å². The summed E-state index contributed by atoms with van der Waals surface area (Å²) in [6.07, 6.45) is 0. The summed E-state index contributed by atoms with van der Waals surface area (Å²) in [5.74, 6) is -0.501. The van der Waals surface area contributed by atoms with Crippen molar-refractivity contribution >= 4 is 17.6 Å². The number of benzene rings is 2. The second-order valence-corrected chi connectivity index (χ2v) is 5.05. The number of ether oxygens (including phenoxy) is 2. The zero-order chi connectivity index (χ0) is 17.5. The van der Waals surface area contributed by atoms with Crippen molar-refractivity contribution in [3.63, 3.8) is 0 Å². The van der Waals surface area contributed by atoms with Crippen LogP contribution in [0.1, 0.15) is 5.56 Å². The Bertz CT molecular complexity index is 751.